The molecule has 3 aromatic rings. The molecule has 0 spiro atoms. The van der Waals surface area contributed by atoms with Crippen molar-refractivity contribution in [2.24, 2.45) is 0 Å². The summed E-state index contributed by atoms with van der Waals surface area (Å²) in [5.41, 5.74) is 3.17. The number of hydrogen-bond acceptors (Lipinski definition) is 8. The summed E-state index contributed by atoms with van der Waals surface area (Å²) in [7, 11) is 0. The van der Waals surface area contributed by atoms with Crippen LogP contribution in [0.15, 0.2) is 41.2 Å². The van der Waals surface area contributed by atoms with Gasteiger partial charge in [-0.1, -0.05) is 20.4 Å². The van der Waals surface area contributed by atoms with E-state index in [0.717, 1.165) is 16.5 Å². The molecule has 2 aliphatic rings. The lowest BCUT2D eigenvalue weighted by atomic mass is 9.77. The van der Waals surface area contributed by atoms with Crippen LogP contribution in [0, 0.1) is 0 Å². The van der Waals surface area contributed by atoms with Gasteiger partial charge in [0.1, 0.15) is 11.4 Å². The molecule has 9 nitrogen and oxygen atoms in total. The van der Waals surface area contributed by atoms with Crippen molar-refractivity contribution in [3.8, 4) is 17.1 Å². The Kier molecular flexibility index (Phi) is 7.18. The van der Waals surface area contributed by atoms with Crippen molar-refractivity contribution in [3.05, 3.63) is 69.0 Å². The Morgan fingerprint density at radius 3 is 2.62 bits per heavy atom. The maximum Gasteiger partial charge on any atom is 0.333 e. The molecule has 0 fully saturated rings. The average molecular weight is 545 g/mol. The lowest BCUT2D eigenvalue weighted by Crippen LogP contribution is -2.43. The standard InChI is InChI=1S/C31H32N2O7/c1-5-19-21-14-18(40-27(35)8-7-13-39-30(37)17(3)4)9-11-24(21)32-28-22(19)16-33-25(28)15-23-20(29(33)36)10-12-26(34)31(23,38)6-2/h9,11,14-15,38H,3,5-8,10,12-13,16H2,1-2,4H3/t31-/m0/s1. The highest BCUT2D eigenvalue weighted by molar-refractivity contribution is 5.92. The fourth-order valence-electron chi connectivity index (χ4n) is 5.68. The van der Waals surface area contributed by atoms with Gasteiger partial charge >= 0.3 is 11.9 Å². The number of aliphatic hydroxyl groups is 1. The molecule has 1 atom stereocenters. The van der Waals surface area contributed by atoms with Gasteiger partial charge in [-0.15, -0.1) is 0 Å². The van der Waals surface area contributed by atoms with Gasteiger partial charge in [0.15, 0.2) is 5.78 Å². The van der Waals surface area contributed by atoms with Crippen molar-refractivity contribution in [3.63, 3.8) is 0 Å². The van der Waals surface area contributed by atoms with Crippen LogP contribution in [-0.4, -0.2) is 39.0 Å². The molecule has 0 radical (unpaired) electrons. The second-order valence-electron chi connectivity index (χ2n) is 10.4. The summed E-state index contributed by atoms with van der Waals surface area (Å²) in [5, 5.41) is 12.0. The molecule has 0 amide bonds. The zero-order valence-electron chi connectivity index (χ0n) is 23.0. The van der Waals surface area contributed by atoms with E-state index in [-0.39, 0.29) is 37.2 Å². The van der Waals surface area contributed by atoms with Gasteiger partial charge in [0.05, 0.1) is 30.1 Å². The number of rotatable bonds is 8. The zero-order chi connectivity index (χ0) is 28.8. The lowest BCUT2D eigenvalue weighted by molar-refractivity contribution is -0.141. The van der Waals surface area contributed by atoms with Crippen molar-refractivity contribution < 1.29 is 29.0 Å². The molecule has 0 unspecified atom stereocenters. The first kappa shape index (κ1) is 27.5. The predicted molar refractivity (Wildman–Crippen MR) is 148 cm³/mol. The topological polar surface area (TPSA) is 125 Å². The quantitative estimate of drug-likeness (QED) is 0.153. The van der Waals surface area contributed by atoms with Crippen LogP contribution >= 0.6 is 0 Å². The average Bonchev–Trinajstić information content (AvgIpc) is 3.30. The molecule has 1 aromatic carbocycles. The molecule has 0 bridgehead atoms. The first-order chi connectivity index (χ1) is 19.1. The van der Waals surface area contributed by atoms with Crippen LogP contribution in [0.25, 0.3) is 22.3 Å². The van der Waals surface area contributed by atoms with Crippen molar-refractivity contribution in [2.75, 3.05) is 6.61 Å². The number of aromatic nitrogens is 2. The summed E-state index contributed by atoms with van der Waals surface area (Å²) in [6.07, 6.45) is 1.72. The summed E-state index contributed by atoms with van der Waals surface area (Å²) in [6, 6.07) is 7.00. The normalized spacial score (nSPS) is 17.2. The SMILES string of the molecule is C=C(C)C(=O)OCCCC(=O)Oc1ccc2nc3c(c(CC)c2c1)Cn1c-3cc2c(c1=O)CCC(=O)[C@]2(O)CC. The van der Waals surface area contributed by atoms with E-state index in [9.17, 15) is 24.3 Å². The van der Waals surface area contributed by atoms with E-state index in [1.54, 1.807) is 42.7 Å². The third kappa shape index (κ3) is 4.54. The third-order valence-electron chi connectivity index (χ3n) is 7.85. The zero-order valence-corrected chi connectivity index (χ0v) is 23.0. The Morgan fingerprint density at radius 2 is 1.93 bits per heavy atom. The Bertz CT molecular complexity index is 1650. The molecular weight excluding hydrogens is 512 g/mol. The molecule has 40 heavy (non-hydrogen) atoms. The van der Waals surface area contributed by atoms with Crippen molar-refractivity contribution >= 4 is 28.6 Å². The Balaban J connectivity index is 1.45. The van der Waals surface area contributed by atoms with Crippen molar-refractivity contribution in [2.45, 2.75) is 71.4 Å². The first-order valence-electron chi connectivity index (χ1n) is 13.6. The lowest BCUT2D eigenvalue weighted by Gasteiger charge is -2.32. The highest BCUT2D eigenvalue weighted by atomic mass is 16.5. The van der Waals surface area contributed by atoms with Crippen LogP contribution in [0.5, 0.6) is 5.75 Å². The van der Waals surface area contributed by atoms with Crippen LogP contribution in [0.2, 0.25) is 0 Å². The minimum Gasteiger partial charge on any atom is -0.462 e. The number of pyridine rings is 2. The number of ether oxygens (including phenoxy) is 2. The minimum absolute atomic E-state index is 0.0834. The van der Waals surface area contributed by atoms with Gasteiger partial charge in [0.25, 0.3) is 5.56 Å². The highest BCUT2D eigenvalue weighted by Gasteiger charge is 2.43. The van der Waals surface area contributed by atoms with E-state index < -0.39 is 17.5 Å². The minimum atomic E-state index is -1.67. The third-order valence-corrected chi connectivity index (χ3v) is 7.85. The van der Waals surface area contributed by atoms with Gasteiger partial charge in [0, 0.05) is 40.5 Å². The number of esters is 2. The number of ketones is 1. The number of nitrogens with zero attached hydrogens (tertiary/aromatic N) is 2. The van der Waals surface area contributed by atoms with E-state index in [1.165, 1.54) is 0 Å². The van der Waals surface area contributed by atoms with E-state index in [1.807, 2.05) is 6.92 Å². The number of fused-ring (bicyclic) bond motifs is 5. The van der Waals surface area contributed by atoms with Crippen LogP contribution in [0.1, 0.15) is 68.7 Å². The number of carbonyl (C=O) groups is 3. The number of Topliss-reactive ketones (excluding diaryl/α,β-unsaturated/α-hetero) is 1. The molecule has 2 aromatic heterocycles. The number of hydrogen-bond donors (Lipinski definition) is 1. The molecule has 0 saturated carbocycles. The fourth-order valence-corrected chi connectivity index (χ4v) is 5.68. The summed E-state index contributed by atoms with van der Waals surface area (Å²) < 4.78 is 12.2. The van der Waals surface area contributed by atoms with Gasteiger partial charge < -0.3 is 19.1 Å². The van der Waals surface area contributed by atoms with Gasteiger partial charge in [-0.3, -0.25) is 14.4 Å². The van der Waals surface area contributed by atoms with Gasteiger partial charge in [-0.2, -0.15) is 0 Å². The smallest absolute Gasteiger partial charge is 0.333 e. The molecule has 1 aliphatic carbocycles. The van der Waals surface area contributed by atoms with Gasteiger partial charge in [-0.25, -0.2) is 9.78 Å². The summed E-state index contributed by atoms with van der Waals surface area (Å²) in [6.45, 7) is 9.29. The highest BCUT2D eigenvalue weighted by Crippen LogP contribution is 2.41. The fraction of sp³-hybridized carbons (Fsp3) is 0.387. The van der Waals surface area contributed by atoms with Crippen LogP contribution in [-0.2, 0) is 44.1 Å². The number of aryl methyl sites for hydroxylation is 1. The van der Waals surface area contributed by atoms with Crippen molar-refractivity contribution in [1.29, 1.82) is 0 Å². The molecule has 208 valence electrons. The molecule has 3 heterocycles. The molecule has 0 saturated heterocycles. The molecule has 5 rings (SSSR count). The Hall–Kier alpha value is -4.11. The number of carbonyl (C=O) groups excluding carboxylic acids is 3. The summed E-state index contributed by atoms with van der Waals surface area (Å²) >= 11 is 0. The van der Waals surface area contributed by atoms with Gasteiger partial charge in [-0.05, 0) is 62.4 Å². The predicted octanol–water partition coefficient (Wildman–Crippen LogP) is 3.91. The van der Waals surface area contributed by atoms with Crippen LogP contribution in [0.4, 0.5) is 0 Å². The van der Waals surface area contributed by atoms with Crippen molar-refractivity contribution in [1.82, 2.24) is 9.55 Å². The molecule has 1 N–H and O–H groups in total. The van der Waals surface area contributed by atoms with Gasteiger partial charge in [0.2, 0.25) is 0 Å². The number of benzene rings is 1. The molecule has 1 aliphatic heterocycles. The van der Waals surface area contributed by atoms with E-state index in [0.29, 0.717) is 65.2 Å². The monoisotopic (exact) mass is 544 g/mol. The summed E-state index contributed by atoms with van der Waals surface area (Å²) in [4.78, 5) is 54.9. The maximum atomic E-state index is 13.6. The Labute approximate surface area is 231 Å². The molecular formula is C31H32N2O7. The first-order valence-corrected chi connectivity index (χ1v) is 13.6. The Morgan fingerprint density at radius 1 is 1.15 bits per heavy atom. The second-order valence-corrected chi connectivity index (χ2v) is 10.4. The van der Waals surface area contributed by atoms with Crippen LogP contribution in [0.3, 0.4) is 0 Å². The van der Waals surface area contributed by atoms with E-state index in [2.05, 4.69) is 6.58 Å². The second kappa shape index (κ2) is 10.5. The largest absolute Gasteiger partial charge is 0.462 e. The van der Waals surface area contributed by atoms with E-state index in [4.69, 9.17) is 14.5 Å². The van der Waals surface area contributed by atoms with E-state index >= 15 is 0 Å². The maximum absolute atomic E-state index is 13.6. The van der Waals surface area contributed by atoms with Crippen LogP contribution < -0.4 is 10.3 Å². The molecule has 9 heteroatoms. The summed E-state index contributed by atoms with van der Waals surface area (Å²) in [5.74, 6) is -0.821.